The van der Waals surface area contributed by atoms with E-state index in [1.165, 1.54) is 23.3 Å². The van der Waals surface area contributed by atoms with Crippen molar-refractivity contribution in [3.8, 4) is 0 Å². The summed E-state index contributed by atoms with van der Waals surface area (Å²) in [6, 6.07) is 0. The van der Waals surface area contributed by atoms with Gasteiger partial charge in [0.1, 0.15) is 0 Å². The van der Waals surface area contributed by atoms with Crippen LogP contribution in [-0.4, -0.2) is 23.9 Å². The average Bonchev–Trinajstić information content (AvgIpc) is 2.74. The fraction of sp³-hybridized carbons (Fsp3) is 0.667. The van der Waals surface area contributed by atoms with Gasteiger partial charge in [-0.2, -0.15) is 0 Å². The van der Waals surface area contributed by atoms with Gasteiger partial charge in [-0.25, -0.2) is 0 Å². The Bertz CT molecular complexity index is 489. The van der Waals surface area contributed by atoms with E-state index in [9.17, 15) is 4.79 Å². The Kier molecular flexibility index (Phi) is 3.52. The Balaban J connectivity index is 1.90. The van der Waals surface area contributed by atoms with Crippen molar-refractivity contribution >= 4 is 22.2 Å². The van der Waals surface area contributed by atoms with E-state index in [-0.39, 0.29) is 5.91 Å². The van der Waals surface area contributed by atoms with Gasteiger partial charge >= 0.3 is 0 Å². The zero-order valence-electron chi connectivity index (χ0n) is 11.6. The summed E-state index contributed by atoms with van der Waals surface area (Å²) in [5, 5.41) is 0.745. The van der Waals surface area contributed by atoms with Gasteiger partial charge in [0, 0.05) is 18.0 Å². The number of likely N-dealkylation sites (tertiary alicyclic amines) is 1. The van der Waals surface area contributed by atoms with E-state index in [1.54, 1.807) is 11.3 Å². The molecule has 1 aromatic rings. The number of nitrogens with two attached hydrogens (primary N) is 1. The van der Waals surface area contributed by atoms with E-state index in [1.807, 2.05) is 4.90 Å². The molecule has 1 saturated heterocycles. The van der Waals surface area contributed by atoms with Gasteiger partial charge in [-0.15, -0.1) is 11.3 Å². The minimum atomic E-state index is 0.184. The summed E-state index contributed by atoms with van der Waals surface area (Å²) in [6.07, 6.45) is 6.82. The van der Waals surface area contributed by atoms with E-state index >= 15 is 0 Å². The number of nitrogens with zero attached hydrogens (tertiary/aromatic N) is 1. The third kappa shape index (κ3) is 2.38. The van der Waals surface area contributed by atoms with Crippen LogP contribution in [0.1, 0.15) is 53.4 Å². The van der Waals surface area contributed by atoms with Gasteiger partial charge in [-0.3, -0.25) is 4.79 Å². The van der Waals surface area contributed by atoms with E-state index in [2.05, 4.69) is 6.92 Å². The topological polar surface area (TPSA) is 46.3 Å². The summed E-state index contributed by atoms with van der Waals surface area (Å²) in [4.78, 5) is 16.0. The van der Waals surface area contributed by atoms with Gasteiger partial charge in [0.05, 0.1) is 10.6 Å². The zero-order chi connectivity index (χ0) is 13.4. The minimum absolute atomic E-state index is 0.184. The number of fused-ring (bicyclic) bond motifs is 1. The third-order valence-electron chi connectivity index (χ3n) is 4.40. The highest BCUT2D eigenvalue weighted by Crippen LogP contribution is 2.38. The lowest BCUT2D eigenvalue weighted by Gasteiger charge is -2.27. The molecule has 1 atom stereocenters. The maximum atomic E-state index is 12.7. The lowest BCUT2D eigenvalue weighted by atomic mass is 9.88. The summed E-state index contributed by atoms with van der Waals surface area (Å²) in [7, 11) is 0. The number of rotatable bonds is 1. The molecule has 0 bridgehead atoms. The van der Waals surface area contributed by atoms with Crippen LogP contribution in [0.4, 0.5) is 5.00 Å². The smallest absolute Gasteiger partial charge is 0.257 e. The lowest BCUT2D eigenvalue weighted by Crippen LogP contribution is -2.36. The molecular weight excluding hydrogens is 256 g/mol. The van der Waals surface area contributed by atoms with Gasteiger partial charge < -0.3 is 10.6 Å². The Morgan fingerprint density at radius 3 is 2.79 bits per heavy atom. The van der Waals surface area contributed by atoms with Gasteiger partial charge in [-0.1, -0.05) is 6.92 Å². The van der Waals surface area contributed by atoms with Crippen LogP contribution in [0.15, 0.2) is 0 Å². The van der Waals surface area contributed by atoms with E-state index < -0.39 is 0 Å². The Hall–Kier alpha value is -1.03. The highest BCUT2D eigenvalue weighted by Gasteiger charge is 2.29. The van der Waals surface area contributed by atoms with Gasteiger partial charge in [-0.05, 0) is 50.0 Å². The monoisotopic (exact) mass is 278 g/mol. The second-order valence-electron chi connectivity index (χ2n) is 5.94. The Morgan fingerprint density at radius 2 is 2.05 bits per heavy atom. The quantitative estimate of drug-likeness (QED) is 0.858. The fourth-order valence-electron chi connectivity index (χ4n) is 3.26. The largest absolute Gasteiger partial charge is 0.390 e. The van der Waals surface area contributed by atoms with Crippen LogP contribution in [0.2, 0.25) is 0 Å². The molecule has 3 nitrogen and oxygen atoms in total. The molecule has 0 spiro atoms. The molecule has 1 amide bonds. The first kappa shape index (κ1) is 13.0. The van der Waals surface area contributed by atoms with Gasteiger partial charge in [0.2, 0.25) is 0 Å². The first-order chi connectivity index (χ1) is 9.16. The summed E-state index contributed by atoms with van der Waals surface area (Å²) in [6.45, 7) is 4.09. The summed E-state index contributed by atoms with van der Waals surface area (Å²) >= 11 is 1.64. The number of piperidine rings is 1. The van der Waals surface area contributed by atoms with Crippen molar-refractivity contribution in [2.45, 2.75) is 45.4 Å². The summed E-state index contributed by atoms with van der Waals surface area (Å²) < 4.78 is 0. The number of carbonyl (C=O) groups is 1. The highest BCUT2D eigenvalue weighted by molar-refractivity contribution is 7.16. The van der Waals surface area contributed by atoms with E-state index in [4.69, 9.17) is 5.73 Å². The molecule has 1 aromatic heterocycles. The fourth-order valence-corrected chi connectivity index (χ4v) is 4.53. The van der Waals surface area contributed by atoms with Crippen LogP contribution in [0.3, 0.4) is 0 Å². The molecule has 0 radical (unpaired) electrons. The number of anilines is 1. The number of carbonyl (C=O) groups excluding carboxylic acids is 1. The van der Waals surface area contributed by atoms with Crippen molar-refractivity contribution in [2.75, 3.05) is 18.8 Å². The first-order valence-electron chi connectivity index (χ1n) is 7.36. The molecule has 2 N–H and O–H groups in total. The molecular formula is C15H22N2OS. The molecule has 0 aromatic carbocycles. The highest BCUT2D eigenvalue weighted by atomic mass is 32.1. The standard InChI is InChI=1S/C15H22N2OS/c1-10-5-6-11-12(9-10)19-14(16)13(11)15(18)17-7-3-2-4-8-17/h10H,2-9,16H2,1H3/t10-/m1/s1. The molecule has 2 heterocycles. The lowest BCUT2D eigenvalue weighted by molar-refractivity contribution is 0.0724. The van der Waals surface area contributed by atoms with Crippen molar-refractivity contribution in [1.82, 2.24) is 4.90 Å². The number of nitrogen functional groups attached to an aromatic ring is 1. The third-order valence-corrected chi connectivity index (χ3v) is 5.48. The molecule has 1 aliphatic carbocycles. The van der Waals surface area contributed by atoms with Crippen molar-refractivity contribution in [3.63, 3.8) is 0 Å². The maximum absolute atomic E-state index is 12.7. The predicted octanol–water partition coefficient (Wildman–Crippen LogP) is 3.08. The maximum Gasteiger partial charge on any atom is 0.257 e. The molecule has 1 fully saturated rings. The van der Waals surface area contributed by atoms with E-state index in [0.717, 1.165) is 55.3 Å². The normalized spacial score (nSPS) is 23.2. The molecule has 1 aliphatic heterocycles. The first-order valence-corrected chi connectivity index (χ1v) is 8.17. The number of thiophene rings is 1. The van der Waals surface area contributed by atoms with Gasteiger partial charge in [0.25, 0.3) is 5.91 Å². The molecule has 19 heavy (non-hydrogen) atoms. The number of hydrogen-bond acceptors (Lipinski definition) is 3. The molecule has 104 valence electrons. The van der Waals surface area contributed by atoms with Crippen molar-refractivity contribution < 1.29 is 4.79 Å². The molecule has 2 aliphatic rings. The Morgan fingerprint density at radius 1 is 1.32 bits per heavy atom. The van der Waals surface area contributed by atoms with Crippen molar-refractivity contribution in [2.24, 2.45) is 5.92 Å². The van der Waals surface area contributed by atoms with Crippen LogP contribution in [0, 0.1) is 5.92 Å². The van der Waals surface area contributed by atoms with E-state index in [0.29, 0.717) is 0 Å². The molecule has 0 unspecified atom stereocenters. The molecule has 4 heteroatoms. The van der Waals surface area contributed by atoms with Crippen LogP contribution in [0.5, 0.6) is 0 Å². The molecule has 0 saturated carbocycles. The van der Waals surface area contributed by atoms with Crippen LogP contribution < -0.4 is 5.73 Å². The molecule has 3 rings (SSSR count). The predicted molar refractivity (Wildman–Crippen MR) is 79.7 cm³/mol. The minimum Gasteiger partial charge on any atom is -0.390 e. The number of hydrogen-bond donors (Lipinski definition) is 1. The van der Waals surface area contributed by atoms with Crippen LogP contribution >= 0.6 is 11.3 Å². The number of amides is 1. The Labute approximate surface area is 118 Å². The second-order valence-corrected chi connectivity index (χ2v) is 7.08. The summed E-state index contributed by atoms with van der Waals surface area (Å²) in [5.41, 5.74) is 8.25. The van der Waals surface area contributed by atoms with Crippen LogP contribution in [-0.2, 0) is 12.8 Å². The second kappa shape index (κ2) is 5.16. The van der Waals surface area contributed by atoms with Crippen molar-refractivity contribution in [1.29, 1.82) is 0 Å². The zero-order valence-corrected chi connectivity index (χ0v) is 12.4. The van der Waals surface area contributed by atoms with Gasteiger partial charge in [0.15, 0.2) is 0 Å². The van der Waals surface area contributed by atoms with Crippen LogP contribution in [0.25, 0.3) is 0 Å². The average molecular weight is 278 g/mol. The van der Waals surface area contributed by atoms with Crippen molar-refractivity contribution in [3.05, 3.63) is 16.0 Å². The SMILES string of the molecule is C[C@@H]1CCc2c(sc(N)c2C(=O)N2CCCCC2)C1. The summed E-state index contributed by atoms with van der Waals surface area (Å²) in [5.74, 6) is 0.910.